The van der Waals surface area contributed by atoms with Crippen LogP contribution < -0.4 is 0 Å². The summed E-state index contributed by atoms with van der Waals surface area (Å²) in [4.78, 5) is 13.3. The molecule has 3 nitrogen and oxygen atoms in total. The van der Waals surface area contributed by atoms with Gasteiger partial charge in [-0.05, 0) is 63.1 Å². The molecule has 0 aliphatic heterocycles. The normalized spacial score (nSPS) is 28.0. The smallest absolute Gasteiger partial charge is 0.173 e. The molecule has 0 bridgehead atoms. The quantitative estimate of drug-likeness (QED) is 0.878. The fraction of sp³-hybridized carbons (Fsp3) is 0.550. The number of carbonyl (C=O) groups excluding carboxylic acids is 1. The van der Waals surface area contributed by atoms with Crippen molar-refractivity contribution in [3.63, 3.8) is 0 Å². The Morgan fingerprint density at radius 2 is 1.87 bits per heavy atom. The summed E-state index contributed by atoms with van der Waals surface area (Å²) in [6.45, 7) is 6.10. The lowest BCUT2D eigenvalue weighted by atomic mass is 9.69. The number of aryl methyl sites for hydroxylation is 3. The Balaban J connectivity index is 2.02. The van der Waals surface area contributed by atoms with Crippen LogP contribution in [0.1, 0.15) is 54.4 Å². The van der Waals surface area contributed by atoms with E-state index in [0.29, 0.717) is 12.0 Å². The van der Waals surface area contributed by atoms with Gasteiger partial charge in [0.15, 0.2) is 5.78 Å². The van der Waals surface area contributed by atoms with Gasteiger partial charge in [0.25, 0.3) is 0 Å². The minimum atomic E-state index is -0.456. The average molecular weight is 314 g/mol. The fourth-order valence-electron chi connectivity index (χ4n) is 4.59. The molecule has 2 unspecified atom stereocenters. The summed E-state index contributed by atoms with van der Waals surface area (Å²) >= 11 is 0. The maximum Gasteiger partial charge on any atom is 0.173 e. The third-order valence-electron chi connectivity index (χ3n) is 5.56. The summed E-state index contributed by atoms with van der Waals surface area (Å²) < 4.78 is 5.51. The zero-order chi connectivity index (χ0) is 16.8. The summed E-state index contributed by atoms with van der Waals surface area (Å²) in [5.41, 5.74) is 4.33. The van der Waals surface area contributed by atoms with Crippen molar-refractivity contribution < 1.29 is 14.6 Å². The molecule has 0 saturated heterocycles. The second-order valence-corrected chi connectivity index (χ2v) is 7.34. The van der Waals surface area contributed by atoms with Gasteiger partial charge in [0.1, 0.15) is 5.76 Å². The van der Waals surface area contributed by atoms with Crippen molar-refractivity contribution in [1.29, 1.82) is 0 Å². The monoisotopic (exact) mass is 314 g/mol. The van der Waals surface area contributed by atoms with Gasteiger partial charge in [-0.15, -0.1) is 0 Å². The maximum atomic E-state index is 13.3. The predicted molar refractivity (Wildman–Crippen MR) is 91.5 cm³/mol. The van der Waals surface area contributed by atoms with Crippen LogP contribution in [0.4, 0.5) is 0 Å². The van der Waals surface area contributed by atoms with Gasteiger partial charge in [0, 0.05) is 18.9 Å². The first-order chi connectivity index (χ1) is 10.9. The first-order valence-corrected chi connectivity index (χ1v) is 8.46. The molecule has 0 aromatic heterocycles. The molecular weight excluding hydrogens is 288 g/mol. The Kier molecular flexibility index (Phi) is 4.09. The molecule has 2 aliphatic carbocycles. The highest BCUT2D eigenvalue weighted by molar-refractivity contribution is 6.26. The van der Waals surface area contributed by atoms with Gasteiger partial charge in [-0.3, -0.25) is 4.79 Å². The minimum absolute atomic E-state index is 0.117. The molecule has 3 heteroatoms. The average Bonchev–Trinajstić information content (AvgIpc) is 2.70. The van der Waals surface area contributed by atoms with Gasteiger partial charge in [0.2, 0.25) is 0 Å². The van der Waals surface area contributed by atoms with Crippen molar-refractivity contribution in [3.05, 3.63) is 40.1 Å². The summed E-state index contributed by atoms with van der Waals surface area (Å²) in [6, 6.07) is 4.17. The molecule has 1 fully saturated rings. The van der Waals surface area contributed by atoms with Crippen LogP contribution in [0.5, 0.6) is 0 Å². The van der Waals surface area contributed by atoms with Crippen LogP contribution >= 0.6 is 0 Å². The molecule has 1 aromatic rings. The zero-order valence-corrected chi connectivity index (χ0v) is 14.5. The molecule has 23 heavy (non-hydrogen) atoms. The molecule has 2 atom stereocenters. The molecule has 0 radical (unpaired) electrons. The lowest BCUT2D eigenvalue weighted by molar-refractivity contribution is -0.126. The van der Waals surface area contributed by atoms with Gasteiger partial charge >= 0.3 is 0 Å². The molecule has 2 aliphatic rings. The standard InChI is InChI=1S/C20H26O3/c1-12-8-13(2)17(14(3)9-12)18-16(21)11-20(19(18)22)7-5-6-15(10-20)23-4/h8-9,15,21H,5-7,10-11H2,1-4H3. The van der Waals surface area contributed by atoms with E-state index in [-0.39, 0.29) is 17.6 Å². The van der Waals surface area contributed by atoms with E-state index in [4.69, 9.17) is 4.74 Å². The van der Waals surface area contributed by atoms with E-state index < -0.39 is 5.41 Å². The number of hydrogen-bond acceptors (Lipinski definition) is 3. The number of hydrogen-bond donors (Lipinski definition) is 1. The molecule has 0 heterocycles. The summed E-state index contributed by atoms with van der Waals surface area (Å²) in [5.74, 6) is 0.383. The van der Waals surface area contributed by atoms with Crippen LogP contribution in [0.3, 0.4) is 0 Å². The van der Waals surface area contributed by atoms with Crippen molar-refractivity contribution >= 4 is 11.4 Å². The third kappa shape index (κ3) is 2.61. The second kappa shape index (κ2) is 5.79. The molecular formula is C20H26O3. The molecule has 124 valence electrons. The number of methoxy groups -OCH3 is 1. The van der Waals surface area contributed by atoms with E-state index in [0.717, 1.165) is 42.4 Å². The number of carbonyl (C=O) groups is 1. The van der Waals surface area contributed by atoms with Gasteiger partial charge in [-0.1, -0.05) is 17.7 Å². The van der Waals surface area contributed by atoms with E-state index >= 15 is 0 Å². The van der Waals surface area contributed by atoms with Gasteiger partial charge < -0.3 is 9.84 Å². The van der Waals surface area contributed by atoms with Crippen LogP contribution in [0.15, 0.2) is 17.9 Å². The first-order valence-electron chi connectivity index (χ1n) is 8.46. The zero-order valence-electron chi connectivity index (χ0n) is 14.5. The number of ketones is 1. The largest absolute Gasteiger partial charge is 0.512 e. The van der Waals surface area contributed by atoms with Crippen LogP contribution in [0.2, 0.25) is 0 Å². The Morgan fingerprint density at radius 1 is 1.22 bits per heavy atom. The van der Waals surface area contributed by atoms with Gasteiger partial charge in [-0.25, -0.2) is 0 Å². The first kappa shape index (κ1) is 16.3. The highest BCUT2D eigenvalue weighted by atomic mass is 16.5. The number of allylic oxidation sites excluding steroid dienone is 2. The maximum absolute atomic E-state index is 13.3. The minimum Gasteiger partial charge on any atom is -0.512 e. The third-order valence-corrected chi connectivity index (χ3v) is 5.56. The summed E-state index contributed by atoms with van der Waals surface area (Å²) in [6.07, 6.45) is 4.15. The Morgan fingerprint density at radius 3 is 2.48 bits per heavy atom. The Hall–Kier alpha value is -1.61. The molecule has 1 aromatic carbocycles. The molecule has 0 amide bonds. The summed E-state index contributed by atoms with van der Waals surface area (Å²) in [5, 5.41) is 10.6. The number of Topliss-reactive ketones (excluding diaryl/α,β-unsaturated/α-hetero) is 1. The molecule has 1 saturated carbocycles. The second-order valence-electron chi connectivity index (χ2n) is 7.34. The number of rotatable bonds is 2. The van der Waals surface area contributed by atoms with Crippen LogP contribution in [0.25, 0.3) is 5.57 Å². The van der Waals surface area contributed by atoms with Crippen LogP contribution in [-0.2, 0) is 9.53 Å². The Labute approximate surface area is 138 Å². The van der Waals surface area contributed by atoms with Crippen LogP contribution in [0, 0.1) is 26.2 Å². The van der Waals surface area contributed by atoms with Gasteiger partial charge in [0.05, 0.1) is 11.7 Å². The van der Waals surface area contributed by atoms with E-state index in [1.54, 1.807) is 7.11 Å². The highest BCUT2D eigenvalue weighted by Crippen LogP contribution is 2.51. The van der Waals surface area contributed by atoms with E-state index in [1.165, 1.54) is 5.56 Å². The number of ether oxygens (including phenoxy) is 1. The van der Waals surface area contributed by atoms with Gasteiger partial charge in [-0.2, -0.15) is 0 Å². The fourth-order valence-corrected chi connectivity index (χ4v) is 4.59. The summed E-state index contributed by atoms with van der Waals surface area (Å²) in [7, 11) is 1.71. The molecule has 3 rings (SSSR count). The van der Waals surface area contributed by atoms with Crippen molar-refractivity contribution in [2.75, 3.05) is 7.11 Å². The number of aliphatic hydroxyl groups excluding tert-OH is 1. The molecule has 1 spiro atoms. The van der Waals surface area contributed by atoms with Crippen molar-refractivity contribution in [3.8, 4) is 0 Å². The number of benzene rings is 1. The van der Waals surface area contributed by atoms with Crippen molar-refractivity contribution in [2.45, 2.75) is 59.0 Å². The lowest BCUT2D eigenvalue weighted by Crippen LogP contribution is -2.36. The van der Waals surface area contributed by atoms with E-state index in [1.807, 2.05) is 13.8 Å². The lowest BCUT2D eigenvalue weighted by Gasteiger charge is -2.36. The van der Waals surface area contributed by atoms with Crippen molar-refractivity contribution in [1.82, 2.24) is 0 Å². The number of aliphatic hydroxyl groups is 1. The van der Waals surface area contributed by atoms with E-state index in [9.17, 15) is 9.90 Å². The van der Waals surface area contributed by atoms with E-state index in [2.05, 4.69) is 19.1 Å². The topological polar surface area (TPSA) is 46.5 Å². The Bertz CT molecular complexity index is 663. The van der Waals surface area contributed by atoms with Crippen LogP contribution in [-0.4, -0.2) is 24.1 Å². The predicted octanol–water partition coefficient (Wildman–Crippen LogP) is 4.43. The van der Waals surface area contributed by atoms with Crippen molar-refractivity contribution in [2.24, 2.45) is 5.41 Å². The molecule has 1 N–H and O–H groups in total. The SMILES string of the molecule is COC1CCCC2(CC(O)=C(c3c(C)cc(C)cc3C)C2=O)C1. The highest BCUT2D eigenvalue weighted by Gasteiger charge is 2.50.